The first-order chi connectivity index (χ1) is 8.81. The number of aromatic nitrogens is 2. The second-order valence-corrected chi connectivity index (χ2v) is 4.60. The molecule has 0 aliphatic carbocycles. The van der Waals surface area contributed by atoms with E-state index in [1.807, 2.05) is 6.92 Å². The quantitative estimate of drug-likeness (QED) is 0.863. The van der Waals surface area contributed by atoms with Crippen LogP contribution in [0.1, 0.15) is 31.2 Å². The van der Waals surface area contributed by atoms with Crippen molar-refractivity contribution in [2.24, 2.45) is 0 Å². The summed E-state index contributed by atoms with van der Waals surface area (Å²) < 4.78 is 10.8. The molecule has 1 fully saturated rings. The van der Waals surface area contributed by atoms with Gasteiger partial charge in [-0.2, -0.15) is 0 Å². The van der Waals surface area contributed by atoms with Gasteiger partial charge in [-0.1, -0.05) is 6.42 Å². The fourth-order valence-electron chi connectivity index (χ4n) is 2.24. The lowest BCUT2D eigenvalue weighted by atomic mass is 10.0. The van der Waals surface area contributed by atoms with E-state index in [0.717, 1.165) is 18.5 Å². The molecule has 0 spiro atoms. The van der Waals surface area contributed by atoms with Gasteiger partial charge in [0.2, 0.25) is 11.8 Å². The van der Waals surface area contributed by atoms with Crippen LogP contribution >= 0.6 is 0 Å². The van der Waals surface area contributed by atoms with Gasteiger partial charge in [-0.3, -0.25) is 0 Å². The molecule has 100 valence electrons. The Kier molecular flexibility index (Phi) is 4.75. The molecule has 0 bridgehead atoms. The second-order valence-electron chi connectivity index (χ2n) is 4.60. The van der Waals surface area contributed by atoms with Crippen molar-refractivity contribution in [3.05, 3.63) is 11.9 Å². The van der Waals surface area contributed by atoms with Crippen molar-refractivity contribution < 1.29 is 9.47 Å². The number of rotatable bonds is 5. The van der Waals surface area contributed by atoms with Gasteiger partial charge in [0.15, 0.2) is 0 Å². The van der Waals surface area contributed by atoms with Crippen LogP contribution in [-0.4, -0.2) is 36.3 Å². The molecule has 1 aromatic heterocycles. The van der Waals surface area contributed by atoms with E-state index in [1.165, 1.54) is 25.6 Å². The van der Waals surface area contributed by atoms with Gasteiger partial charge in [0.1, 0.15) is 6.33 Å². The Hall–Kier alpha value is -1.36. The average molecular weight is 251 g/mol. The van der Waals surface area contributed by atoms with Crippen LogP contribution in [0.2, 0.25) is 0 Å². The first-order valence-corrected chi connectivity index (χ1v) is 6.53. The lowest BCUT2D eigenvalue weighted by Gasteiger charge is -2.23. The van der Waals surface area contributed by atoms with E-state index < -0.39 is 0 Å². The Morgan fingerprint density at radius 1 is 1.33 bits per heavy atom. The van der Waals surface area contributed by atoms with Crippen LogP contribution in [0.5, 0.6) is 11.8 Å². The van der Waals surface area contributed by atoms with Gasteiger partial charge in [-0.15, -0.1) is 0 Å². The van der Waals surface area contributed by atoms with Crippen LogP contribution in [0, 0.1) is 6.92 Å². The predicted molar refractivity (Wildman–Crippen MR) is 69.1 cm³/mol. The van der Waals surface area contributed by atoms with Crippen molar-refractivity contribution in [2.45, 2.75) is 38.6 Å². The van der Waals surface area contributed by atoms with Crippen molar-refractivity contribution in [1.29, 1.82) is 0 Å². The summed E-state index contributed by atoms with van der Waals surface area (Å²) >= 11 is 0. The molecule has 1 saturated heterocycles. The van der Waals surface area contributed by atoms with Crippen LogP contribution in [0.25, 0.3) is 0 Å². The number of piperidine rings is 1. The van der Waals surface area contributed by atoms with Gasteiger partial charge in [0.25, 0.3) is 0 Å². The minimum atomic E-state index is 0.579. The van der Waals surface area contributed by atoms with Gasteiger partial charge < -0.3 is 14.8 Å². The minimum Gasteiger partial charge on any atom is -0.481 e. The summed E-state index contributed by atoms with van der Waals surface area (Å²) in [4.78, 5) is 8.17. The van der Waals surface area contributed by atoms with Crippen molar-refractivity contribution in [1.82, 2.24) is 15.3 Å². The zero-order valence-corrected chi connectivity index (χ0v) is 11.1. The molecule has 0 saturated carbocycles. The normalized spacial score (nSPS) is 19.6. The van der Waals surface area contributed by atoms with E-state index in [0.29, 0.717) is 24.4 Å². The lowest BCUT2D eigenvalue weighted by molar-refractivity contribution is 0.256. The van der Waals surface area contributed by atoms with Crippen LogP contribution in [-0.2, 0) is 0 Å². The van der Waals surface area contributed by atoms with Gasteiger partial charge in [0, 0.05) is 6.04 Å². The molecule has 18 heavy (non-hydrogen) atoms. The molecule has 1 aliphatic heterocycles. The molecule has 1 aliphatic rings. The maximum absolute atomic E-state index is 5.71. The number of nitrogens with zero attached hydrogens (tertiary/aromatic N) is 2. The second kappa shape index (κ2) is 6.54. The van der Waals surface area contributed by atoms with Crippen LogP contribution < -0.4 is 14.8 Å². The predicted octanol–water partition coefficient (Wildman–Crippen LogP) is 1.70. The third-order valence-corrected chi connectivity index (χ3v) is 3.30. The Morgan fingerprint density at radius 3 is 2.89 bits per heavy atom. The van der Waals surface area contributed by atoms with E-state index in [4.69, 9.17) is 9.47 Å². The van der Waals surface area contributed by atoms with Crippen LogP contribution in [0.3, 0.4) is 0 Å². The summed E-state index contributed by atoms with van der Waals surface area (Å²) in [5.41, 5.74) is 0.858. The third-order valence-electron chi connectivity index (χ3n) is 3.30. The zero-order valence-electron chi connectivity index (χ0n) is 11.1. The van der Waals surface area contributed by atoms with Crippen molar-refractivity contribution in [2.75, 3.05) is 20.3 Å². The number of nitrogens with one attached hydrogen (secondary N) is 1. The maximum atomic E-state index is 5.71. The summed E-state index contributed by atoms with van der Waals surface area (Å²) in [6, 6.07) is 0.586. The smallest absolute Gasteiger partial charge is 0.223 e. The summed E-state index contributed by atoms with van der Waals surface area (Å²) in [6.07, 6.45) is 6.35. The number of ether oxygens (including phenoxy) is 2. The van der Waals surface area contributed by atoms with E-state index >= 15 is 0 Å². The highest BCUT2D eigenvalue weighted by atomic mass is 16.5. The number of methoxy groups -OCH3 is 1. The van der Waals surface area contributed by atoms with Gasteiger partial charge in [0.05, 0.1) is 19.3 Å². The Bertz CT molecular complexity index is 378. The molecule has 1 aromatic rings. The molecule has 0 amide bonds. The molecule has 1 N–H and O–H groups in total. The summed E-state index contributed by atoms with van der Waals surface area (Å²) in [6.45, 7) is 3.72. The summed E-state index contributed by atoms with van der Waals surface area (Å²) in [5.74, 6) is 1.20. The van der Waals surface area contributed by atoms with E-state index in [-0.39, 0.29) is 0 Å². The van der Waals surface area contributed by atoms with Gasteiger partial charge >= 0.3 is 0 Å². The largest absolute Gasteiger partial charge is 0.481 e. The van der Waals surface area contributed by atoms with Gasteiger partial charge in [-0.05, 0) is 32.7 Å². The molecule has 5 nitrogen and oxygen atoms in total. The highest BCUT2D eigenvalue weighted by Crippen LogP contribution is 2.22. The molecule has 2 heterocycles. The van der Waals surface area contributed by atoms with E-state index in [2.05, 4.69) is 15.3 Å². The molecule has 5 heteroatoms. The van der Waals surface area contributed by atoms with E-state index in [1.54, 1.807) is 7.11 Å². The first kappa shape index (κ1) is 13.1. The molecule has 1 atom stereocenters. The number of hydrogen-bond acceptors (Lipinski definition) is 5. The van der Waals surface area contributed by atoms with Crippen molar-refractivity contribution >= 4 is 0 Å². The Morgan fingerprint density at radius 2 is 2.17 bits per heavy atom. The molecule has 2 rings (SSSR count). The molecule has 0 radical (unpaired) electrons. The Labute approximate surface area is 108 Å². The fourth-order valence-corrected chi connectivity index (χ4v) is 2.24. The van der Waals surface area contributed by atoms with E-state index in [9.17, 15) is 0 Å². The van der Waals surface area contributed by atoms with Crippen LogP contribution in [0.15, 0.2) is 6.33 Å². The zero-order chi connectivity index (χ0) is 12.8. The highest BCUT2D eigenvalue weighted by Gasteiger charge is 2.13. The molecular formula is C13H21N3O2. The topological polar surface area (TPSA) is 56.3 Å². The molecule has 1 unspecified atom stereocenters. The first-order valence-electron chi connectivity index (χ1n) is 6.53. The number of hydrogen-bond donors (Lipinski definition) is 1. The summed E-state index contributed by atoms with van der Waals surface area (Å²) in [7, 11) is 1.60. The minimum absolute atomic E-state index is 0.579. The average Bonchev–Trinajstić information content (AvgIpc) is 2.42. The van der Waals surface area contributed by atoms with Crippen molar-refractivity contribution in [3.8, 4) is 11.8 Å². The molecule has 0 aromatic carbocycles. The molecular weight excluding hydrogens is 230 g/mol. The summed E-state index contributed by atoms with van der Waals surface area (Å²) in [5, 5.41) is 3.51. The van der Waals surface area contributed by atoms with Crippen molar-refractivity contribution in [3.63, 3.8) is 0 Å². The SMILES string of the molecule is COc1ncnc(OCCC2CCCCN2)c1C. The maximum Gasteiger partial charge on any atom is 0.223 e. The Balaban J connectivity index is 1.82. The third kappa shape index (κ3) is 3.32. The van der Waals surface area contributed by atoms with Crippen LogP contribution in [0.4, 0.5) is 0 Å². The monoisotopic (exact) mass is 251 g/mol. The lowest BCUT2D eigenvalue weighted by Crippen LogP contribution is -2.35. The van der Waals surface area contributed by atoms with Gasteiger partial charge in [-0.25, -0.2) is 9.97 Å². The standard InChI is InChI=1S/C13H21N3O2/c1-10-12(17-2)15-9-16-13(10)18-8-6-11-5-3-4-7-14-11/h9,11,14H,3-8H2,1-2H3. The fraction of sp³-hybridized carbons (Fsp3) is 0.692. The highest BCUT2D eigenvalue weighted by molar-refractivity contribution is 5.32.